The van der Waals surface area contributed by atoms with Gasteiger partial charge in [-0.3, -0.25) is 0 Å². The fourth-order valence-electron chi connectivity index (χ4n) is 1.12. The van der Waals surface area contributed by atoms with Gasteiger partial charge in [-0.05, 0) is 6.92 Å². The monoisotopic (exact) mass is 188 g/mol. The lowest BCUT2D eigenvalue weighted by Crippen LogP contribution is -2.05. The fourth-order valence-corrected chi connectivity index (χ4v) is 1.38. The van der Waals surface area contributed by atoms with Crippen LogP contribution in [0.5, 0.6) is 0 Å². The molecule has 68 valence electrons. The van der Waals surface area contributed by atoms with E-state index in [0.717, 1.165) is 18.8 Å². The molecule has 0 radical (unpaired) electrons. The maximum atomic E-state index is 5.88. The first kappa shape index (κ1) is 9.55. The highest BCUT2D eigenvalue weighted by Gasteiger charge is 2.04. The number of aromatic nitrogens is 2. The Kier molecular flexibility index (Phi) is 3.56. The van der Waals surface area contributed by atoms with Crippen molar-refractivity contribution in [1.29, 1.82) is 0 Å². The zero-order valence-electron chi connectivity index (χ0n) is 7.38. The van der Waals surface area contributed by atoms with E-state index in [9.17, 15) is 0 Å². The number of imidazole rings is 1. The van der Waals surface area contributed by atoms with Crippen LogP contribution in [0.2, 0.25) is 5.15 Å². The van der Waals surface area contributed by atoms with Crippen molar-refractivity contribution in [3.05, 3.63) is 17.2 Å². The maximum absolute atomic E-state index is 5.88. The van der Waals surface area contributed by atoms with Crippen LogP contribution in [0.3, 0.4) is 0 Å². The van der Waals surface area contributed by atoms with E-state index in [0.29, 0.717) is 11.8 Å². The molecule has 0 saturated heterocycles. The third kappa shape index (κ3) is 1.99. The Morgan fingerprint density at radius 2 is 2.42 bits per heavy atom. The van der Waals surface area contributed by atoms with Crippen molar-refractivity contribution in [1.82, 2.24) is 9.55 Å². The van der Waals surface area contributed by atoms with Crippen molar-refractivity contribution in [2.45, 2.75) is 19.9 Å². The van der Waals surface area contributed by atoms with Gasteiger partial charge in [0.05, 0.1) is 12.8 Å². The normalized spacial score (nSPS) is 10.6. The molecular weight excluding hydrogens is 176 g/mol. The molecule has 0 N–H and O–H groups in total. The predicted molar refractivity (Wildman–Crippen MR) is 48.5 cm³/mol. The Bertz CT molecular complexity index is 247. The lowest BCUT2D eigenvalue weighted by molar-refractivity contribution is 0.199. The van der Waals surface area contributed by atoms with Crippen LogP contribution in [0.1, 0.15) is 12.7 Å². The molecule has 0 aliphatic heterocycles. The molecule has 1 aromatic heterocycles. The van der Waals surface area contributed by atoms with Gasteiger partial charge in [-0.1, -0.05) is 11.6 Å². The molecule has 4 heteroatoms. The van der Waals surface area contributed by atoms with Crippen LogP contribution < -0.4 is 0 Å². The summed E-state index contributed by atoms with van der Waals surface area (Å²) in [5.41, 5.74) is 0. The van der Waals surface area contributed by atoms with Gasteiger partial charge in [0.25, 0.3) is 0 Å². The Morgan fingerprint density at radius 3 is 3.00 bits per heavy atom. The molecule has 1 rings (SSSR count). The zero-order chi connectivity index (χ0) is 8.97. The average Bonchev–Trinajstić information content (AvgIpc) is 2.43. The van der Waals surface area contributed by atoms with Crippen molar-refractivity contribution in [3.63, 3.8) is 0 Å². The van der Waals surface area contributed by atoms with Gasteiger partial charge < -0.3 is 9.30 Å². The van der Waals surface area contributed by atoms with Gasteiger partial charge in [0.1, 0.15) is 11.0 Å². The molecule has 0 saturated carbocycles. The summed E-state index contributed by atoms with van der Waals surface area (Å²) in [5, 5.41) is 0.698. The highest BCUT2D eigenvalue weighted by Crippen LogP contribution is 2.11. The van der Waals surface area contributed by atoms with Gasteiger partial charge in [0, 0.05) is 20.1 Å². The zero-order valence-corrected chi connectivity index (χ0v) is 8.14. The number of hydrogen-bond donors (Lipinski definition) is 0. The van der Waals surface area contributed by atoms with Crippen molar-refractivity contribution < 1.29 is 4.74 Å². The molecule has 0 fully saturated rings. The maximum Gasteiger partial charge on any atom is 0.128 e. The summed E-state index contributed by atoms with van der Waals surface area (Å²) in [7, 11) is 1.68. The van der Waals surface area contributed by atoms with Gasteiger partial charge in [0.2, 0.25) is 0 Å². The number of nitrogens with zero attached hydrogens (tertiary/aromatic N) is 2. The van der Waals surface area contributed by atoms with Gasteiger partial charge in [-0.2, -0.15) is 0 Å². The standard InChI is InChI=1S/C8H13ClN2O/c1-3-11-7(9)6-10-8(11)4-5-12-2/h6H,3-5H2,1-2H3. The highest BCUT2D eigenvalue weighted by atomic mass is 35.5. The predicted octanol–water partition coefficient (Wildman–Crippen LogP) is 1.75. The van der Waals surface area contributed by atoms with E-state index in [1.54, 1.807) is 13.3 Å². The molecule has 3 nitrogen and oxygen atoms in total. The molecule has 1 aromatic rings. The summed E-state index contributed by atoms with van der Waals surface area (Å²) in [5.74, 6) is 0.990. The number of ether oxygens (including phenoxy) is 1. The van der Waals surface area contributed by atoms with Crippen LogP contribution in [0.25, 0.3) is 0 Å². The molecular formula is C8H13ClN2O. The van der Waals surface area contributed by atoms with Crippen LogP contribution in [0.4, 0.5) is 0 Å². The molecule has 0 aliphatic carbocycles. The van der Waals surface area contributed by atoms with Crippen LogP contribution in [-0.4, -0.2) is 23.3 Å². The lowest BCUT2D eigenvalue weighted by atomic mass is 10.4. The van der Waals surface area contributed by atoms with Crippen molar-refractivity contribution in [2.75, 3.05) is 13.7 Å². The number of methoxy groups -OCH3 is 1. The summed E-state index contributed by atoms with van der Waals surface area (Å²) in [6, 6.07) is 0. The molecule has 0 bridgehead atoms. The lowest BCUT2D eigenvalue weighted by Gasteiger charge is -2.04. The van der Waals surface area contributed by atoms with Gasteiger partial charge in [0.15, 0.2) is 0 Å². The summed E-state index contributed by atoms with van der Waals surface area (Å²) < 4.78 is 6.93. The molecule has 0 amide bonds. The van der Waals surface area contributed by atoms with Crippen LogP contribution in [0.15, 0.2) is 6.20 Å². The SMILES string of the molecule is CCn1c(Cl)cnc1CCOC. The Hall–Kier alpha value is -0.540. The van der Waals surface area contributed by atoms with E-state index in [2.05, 4.69) is 4.98 Å². The average molecular weight is 189 g/mol. The van der Waals surface area contributed by atoms with E-state index in [4.69, 9.17) is 16.3 Å². The van der Waals surface area contributed by atoms with Crippen LogP contribution in [-0.2, 0) is 17.7 Å². The number of halogens is 1. The van der Waals surface area contributed by atoms with Gasteiger partial charge in [-0.25, -0.2) is 4.98 Å². The first-order valence-electron chi connectivity index (χ1n) is 3.98. The Morgan fingerprint density at radius 1 is 1.67 bits per heavy atom. The Balaban J connectivity index is 2.70. The smallest absolute Gasteiger partial charge is 0.128 e. The van der Waals surface area contributed by atoms with E-state index in [-0.39, 0.29) is 0 Å². The van der Waals surface area contributed by atoms with Gasteiger partial charge >= 0.3 is 0 Å². The molecule has 0 atom stereocenters. The molecule has 0 aliphatic rings. The summed E-state index contributed by atoms with van der Waals surface area (Å²) in [6.45, 7) is 3.59. The molecule has 12 heavy (non-hydrogen) atoms. The molecule has 0 unspecified atom stereocenters. The van der Waals surface area contributed by atoms with E-state index >= 15 is 0 Å². The van der Waals surface area contributed by atoms with Crippen molar-refractivity contribution in [2.24, 2.45) is 0 Å². The second kappa shape index (κ2) is 4.48. The minimum Gasteiger partial charge on any atom is -0.384 e. The van der Waals surface area contributed by atoms with E-state index in [1.807, 2.05) is 11.5 Å². The fraction of sp³-hybridized carbons (Fsp3) is 0.625. The first-order valence-corrected chi connectivity index (χ1v) is 4.36. The topological polar surface area (TPSA) is 27.1 Å². The summed E-state index contributed by atoms with van der Waals surface area (Å²) in [4.78, 5) is 4.18. The largest absolute Gasteiger partial charge is 0.384 e. The van der Waals surface area contributed by atoms with Crippen molar-refractivity contribution in [3.8, 4) is 0 Å². The summed E-state index contributed by atoms with van der Waals surface area (Å²) in [6.07, 6.45) is 2.49. The second-order valence-corrected chi connectivity index (χ2v) is 2.87. The second-order valence-electron chi connectivity index (χ2n) is 2.48. The third-order valence-corrected chi connectivity index (χ3v) is 2.04. The third-order valence-electron chi connectivity index (χ3n) is 1.74. The van der Waals surface area contributed by atoms with E-state index < -0.39 is 0 Å². The first-order chi connectivity index (χ1) is 5.79. The Labute approximate surface area is 77.3 Å². The van der Waals surface area contributed by atoms with Crippen LogP contribution in [0, 0.1) is 0 Å². The number of hydrogen-bond acceptors (Lipinski definition) is 2. The molecule has 1 heterocycles. The van der Waals surface area contributed by atoms with E-state index in [1.165, 1.54) is 0 Å². The summed E-state index contributed by atoms with van der Waals surface area (Å²) >= 11 is 5.88. The molecule has 0 aromatic carbocycles. The van der Waals surface area contributed by atoms with Gasteiger partial charge in [-0.15, -0.1) is 0 Å². The van der Waals surface area contributed by atoms with Crippen molar-refractivity contribution >= 4 is 11.6 Å². The minimum absolute atomic E-state index is 0.688. The number of rotatable bonds is 4. The highest BCUT2D eigenvalue weighted by molar-refractivity contribution is 6.29. The van der Waals surface area contributed by atoms with Crippen LogP contribution >= 0.6 is 11.6 Å². The minimum atomic E-state index is 0.688. The quantitative estimate of drug-likeness (QED) is 0.720. The molecule has 0 spiro atoms.